The maximum atomic E-state index is 11.7. The molecule has 0 unspecified atom stereocenters. The van der Waals surface area contributed by atoms with Crippen LogP contribution in [0.1, 0.15) is 17.3 Å². The number of aromatic nitrogens is 1. The van der Waals surface area contributed by atoms with Gasteiger partial charge in [0.05, 0.1) is 17.8 Å². The predicted octanol–water partition coefficient (Wildman–Crippen LogP) is 1.70. The molecule has 0 amide bonds. The fraction of sp³-hybridized carbons (Fsp3) is 0.167. The third-order valence-electron chi connectivity index (χ3n) is 2.42. The molecule has 3 N–H and O–H groups in total. The predicted molar refractivity (Wildman–Crippen MR) is 65.5 cm³/mol. The summed E-state index contributed by atoms with van der Waals surface area (Å²) in [6, 6.07) is 7.44. The Labute approximate surface area is 98.6 Å². The largest absolute Gasteiger partial charge is 0.462 e. The van der Waals surface area contributed by atoms with E-state index in [2.05, 4.69) is 10.4 Å². The van der Waals surface area contributed by atoms with Gasteiger partial charge in [0.2, 0.25) is 0 Å². The molecule has 0 fully saturated rings. The van der Waals surface area contributed by atoms with Crippen LogP contribution in [-0.4, -0.2) is 17.6 Å². The topological polar surface area (TPSA) is 77.2 Å². The van der Waals surface area contributed by atoms with Crippen LogP contribution in [0.4, 0.5) is 5.69 Å². The summed E-state index contributed by atoms with van der Waals surface area (Å²) in [6.07, 6.45) is 1.47. The molecule has 88 valence electrons. The lowest BCUT2D eigenvalue weighted by Crippen LogP contribution is -2.14. The Hall–Kier alpha value is -2.14. The van der Waals surface area contributed by atoms with Gasteiger partial charge >= 0.3 is 5.97 Å². The number of pyridine rings is 1. The van der Waals surface area contributed by atoms with E-state index in [4.69, 9.17) is 10.6 Å². The lowest BCUT2D eigenvalue weighted by atomic mass is 10.1. The number of anilines is 1. The molecule has 5 heteroatoms. The van der Waals surface area contributed by atoms with Crippen molar-refractivity contribution in [2.75, 3.05) is 12.0 Å². The first kappa shape index (κ1) is 11.3. The summed E-state index contributed by atoms with van der Waals surface area (Å²) in [5.74, 6) is 5.03. The van der Waals surface area contributed by atoms with Gasteiger partial charge in [0.1, 0.15) is 5.56 Å². The van der Waals surface area contributed by atoms with E-state index in [0.29, 0.717) is 17.9 Å². The number of para-hydroxylation sites is 1. The van der Waals surface area contributed by atoms with E-state index in [9.17, 15) is 4.79 Å². The first-order valence-corrected chi connectivity index (χ1v) is 5.29. The Bertz CT molecular complexity index is 554. The summed E-state index contributed by atoms with van der Waals surface area (Å²) in [6.45, 7) is 2.07. The molecule has 0 atom stereocenters. The van der Waals surface area contributed by atoms with Gasteiger partial charge < -0.3 is 10.2 Å². The second-order valence-electron chi connectivity index (χ2n) is 3.43. The molecule has 0 bridgehead atoms. The van der Waals surface area contributed by atoms with Gasteiger partial charge in [0, 0.05) is 11.6 Å². The molecule has 1 aromatic carbocycles. The number of nitrogen functional groups attached to an aromatic ring is 1. The SMILES string of the molecule is CCOC(=O)c1cnc2ccccc2c1NN. The Balaban J connectivity index is 2.60. The number of nitrogens with two attached hydrogens (primary N) is 1. The van der Waals surface area contributed by atoms with Crippen LogP contribution in [-0.2, 0) is 4.74 Å². The molecule has 0 aliphatic heterocycles. The minimum absolute atomic E-state index is 0.315. The van der Waals surface area contributed by atoms with Crippen molar-refractivity contribution >= 4 is 22.6 Å². The second kappa shape index (κ2) is 4.80. The van der Waals surface area contributed by atoms with E-state index in [1.165, 1.54) is 6.20 Å². The molecule has 17 heavy (non-hydrogen) atoms. The number of nitrogens with zero attached hydrogens (tertiary/aromatic N) is 1. The average Bonchev–Trinajstić information content (AvgIpc) is 2.37. The Morgan fingerprint density at radius 1 is 1.47 bits per heavy atom. The summed E-state index contributed by atoms with van der Waals surface area (Å²) in [7, 11) is 0. The molecular weight excluding hydrogens is 218 g/mol. The number of esters is 1. The summed E-state index contributed by atoms with van der Waals surface area (Å²) in [5.41, 5.74) is 4.19. The Morgan fingerprint density at radius 2 is 2.24 bits per heavy atom. The Morgan fingerprint density at radius 3 is 2.94 bits per heavy atom. The molecule has 2 rings (SSSR count). The summed E-state index contributed by atoms with van der Waals surface area (Å²) < 4.78 is 4.94. The second-order valence-corrected chi connectivity index (χ2v) is 3.43. The molecule has 5 nitrogen and oxygen atoms in total. The van der Waals surface area contributed by atoms with Crippen LogP contribution in [0.5, 0.6) is 0 Å². The molecule has 0 saturated heterocycles. The molecular formula is C12H13N3O2. The summed E-state index contributed by atoms with van der Waals surface area (Å²) in [4.78, 5) is 15.9. The van der Waals surface area contributed by atoms with Gasteiger partial charge in [0.15, 0.2) is 0 Å². The number of hydrazine groups is 1. The van der Waals surface area contributed by atoms with Gasteiger partial charge in [-0.25, -0.2) is 4.79 Å². The van der Waals surface area contributed by atoms with E-state index in [0.717, 1.165) is 10.9 Å². The molecule has 2 aromatic rings. The summed E-state index contributed by atoms with van der Waals surface area (Å²) >= 11 is 0. The lowest BCUT2D eigenvalue weighted by molar-refractivity contribution is 0.0527. The maximum absolute atomic E-state index is 11.7. The fourth-order valence-corrected chi connectivity index (χ4v) is 1.66. The van der Waals surface area contributed by atoms with E-state index in [-0.39, 0.29) is 0 Å². The third-order valence-corrected chi connectivity index (χ3v) is 2.42. The van der Waals surface area contributed by atoms with Crippen molar-refractivity contribution in [2.24, 2.45) is 5.84 Å². The number of carbonyl (C=O) groups excluding carboxylic acids is 1. The van der Waals surface area contributed by atoms with Crippen molar-refractivity contribution in [1.29, 1.82) is 0 Å². The van der Waals surface area contributed by atoms with Crippen LogP contribution in [0.15, 0.2) is 30.5 Å². The smallest absolute Gasteiger partial charge is 0.341 e. The minimum atomic E-state index is -0.432. The van der Waals surface area contributed by atoms with E-state index in [1.54, 1.807) is 6.92 Å². The van der Waals surface area contributed by atoms with Crippen LogP contribution in [0.25, 0.3) is 10.9 Å². The van der Waals surface area contributed by atoms with Crippen LogP contribution in [0, 0.1) is 0 Å². The highest BCUT2D eigenvalue weighted by Crippen LogP contribution is 2.25. The number of rotatable bonds is 3. The zero-order valence-corrected chi connectivity index (χ0v) is 9.43. The van der Waals surface area contributed by atoms with Crippen LogP contribution in [0.2, 0.25) is 0 Å². The van der Waals surface area contributed by atoms with Crippen LogP contribution in [0.3, 0.4) is 0 Å². The highest BCUT2D eigenvalue weighted by atomic mass is 16.5. The zero-order chi connectivity index (χ0) is 12.3. The van der Waals surface area contributed by atoms with E-state index in [1.807, 2.05) is 24.3 Å². The highest BCUT2D eigenvalue weighted by molar-refractivity contribution is 6.04. The van der Waals surface area contributed by atoms with Gasteiger partial charge in [-0.15, -0.1) is 0 Å². The number of hydrogen-bond donors (Lipinski definition) is 2. The van der Waals surface area contributed by atoms with Crippen LogP contribution >= 0.6 is 0 Å². The van der Waals surface area contributed by atoms with Crippen molar-refractivity contribution in [3.8, 4) is 0 Å². The standard InChI is InChI=1S/C12H13N3O2/c1-2-17-12(16)9-7-14-10-6-4-3-5-8(10)11(9)15-13/h3-7H,2,13H2,1H3,(H,14,15). The third kappa shape index (κ3) is 2.05. The first-order chi connectivity index (χ1) is 8.27. The summed E-state index contributed by atoms with van der Waals surface area (Å²) in [5, 5.41) is 0.792. The number of ether oxygens (including phenoxy) is 1. The minimum Gasteiger partial charge on any atom is -0.462 e. The van der Waals surface area contributed by atoms with Crippen molar-refractivity contribution in [2.45, 2.75) is 6.92 Å². The molecule has 0 aliphatic carbocycles. The van der Waals surface area contributed by atoms with Gasteiger partial charge in [-0.1, -0.05) is 18.2 Å². The zero-order valence-electron chi connectivity index (χ0n) is 9.43. The van der Waals surface area contributed by atoms with Gasteiger partial charge in [-0.3, -0.25) is 10.8 Å². The number of hydrogen-bond acceptors (Lipinski definition) is 5. The average molecular weight is 231 g/mol. The number of nitrogens with one attached hydrogen (secondary N) is 1. The number of benzene rings is 1. The Kier molecular flexibility index (Phi) is 3.20. The lowest BCUT2D eigenvalue weighted by Gasteiger charge is -2.10. The molecule has 0 aliphatic rings. The van der Waals surface area contributed by atoms with Crippen LogP contribution < -0.4 is 11.3 Å². The van der Waals surface area contributed by atoms with Gasteiger partial charge in [-0.05, 0) is 13.0 Å². The van der Waals surface area contributed by atoms with Gasteiger partial charge in [0.25, 0.3) is 0 Å². The highest BCUT2D eigenvalue weighted by Gasteiger charge is 2.15. The number of fused-ring (bicyclic) bond motifs is 1. The molecule has 0 saturated carbocycles. The van der Waals surface area contributed by atoms with Crippen molar-refractivity contribution < 1.29 is 9.53 Å². The molecule has 0 spiro atoms. The monoisotopic (exact) mass is 231 g/mol. The van der Waals surface area contributed by atoms with E-state index < -0.39 is 5.97 Å². The van der Waals surface area contributed by atoms with Gasteiger partial charge in [-0.2, -0.15) is 0 Å². The first-order valence-electron chi connectivity index (χ1n) is 5.29. The van der Waals surface area contributed by atoms with Crippen molar-refractivity contribution in [3.63, 3.8) is 0 Å². The normalized spacial score (nSPS) is 10.2. The van der Waals surface area contributed by atoms with Crippen molar-refractivity contribution in [1.82, 2.24) is 4.98 Å². The number of carbonyl (C=O) groups is 1. The van der Waals surface area contributed by atoms with Crippen molar-refractivity contribution in [3.05, 3.63) is 36.0 Å². The fourth-order valence-electron chi connectivity index (χ4n) is 1.66. The molecule has 1 heterocycles. The molecule has 0 radical (unpaired) electrons. The quantitative estimate of drug-likeness (QED) is 0.477. The maximum Gasteiger partial charge on any atom is 0.341 e. The molecule has 1 aromatic heterocycles. The van der Waals surface area contributed by atoms with E-state index >= 15 is 0 Å².